The van der Waals surface area contributed by atoms with E-state index in [0.717, 1.165) is 11.3 Å². The van der Waals surface area contributed by atoms with Gasteiger partial charge in [0.05, 0.1) is 16.8 Å². The van der Waals surface area contributed by atoms with Gasteiger partial charge in [-0.1, -0.05) is 11.6 Å². The molecule has 0 unspecified atom stereocenters. The fourth-order valence-corrected chi connectivity index (χ4v) is 3.11. The van der Waals surface area contributed by atoms with Gasteiger partial charge in [0.15, 0.2) is 0 Å². The van der Waals surface area contributed by atoms with Crippen LogP contribution in [0.15, 0.2) is 12.1 Å². The molecule has 1 aliphatic rings. The van der Waals surface area contributed by atoms with Crippen molar-refractivity contribution in [3.8, 4) is 0 Å². The van der Waals surface area contributed by atoms with Crippen LogP contribution in [0.3, 0.4) is 0 Å². The Labute approximate surface area is 120 Å². The number of halogens is 1. The molecule has 104 valence electrons. The molecule has 2 heterocycles. The van der Waals surface area contributed by atoms with Crippen molar-refractivity contribution in [2.45, 2.75) is 19.4 Å². The van der Waals surface area contributed by atoms with Crippen molar-refractivity contribution in [3.05, 3.63) is 21.3 Å². The number of carbonyl (C=O) groups excluding carboxylic acids is 1. The molecule has 0 bridgehead atoms. The van der Waals surface area contributed by atoms with Gasteiger partial charge in [-0.25, -0.2) is 4.79 Å². The first-order chi connectivity index (χ1) is 9.06. The smallest absolute Gasteiger partial charge is 0.317 e. The Hall–Kier alpha value is -1.27. The molecule has 1 aliphatic heterocycles. The largest absolute Gasteiger partial charge is 0.481 e. The van der Waals surface area contributed by atoms with Crippen LogP contribution in [0, 0.1) is 5.92 Å². The number of hydrogen-bond acceptors (Lipinski definition) is 3. The predicted molar refractivity (Wildman–Crippen MR) is 73.5 cm³/mol. The Kier molecular flexibility index (Phi) is 4.66. The minimum absolute atomic E-state index is 0.213. The Morgan fingerprint density at radius 1 is 1.53 bits per heavy atom. The molecule has 0 spiro atoms. The van der Waals surface area contributed by atoms with E-state index in [-0.39, 0.29) is 12.6 Å². The summed E-state index contributed by atoms with van der Waals surface area (Å²) in [5.74, 6) is -1.28. The normalized spacial score (nSPS) is 19.2. The second-order valence-electron chi connectivity index (χ2n) is 4.49. The van der Waals surface area contributed by atoms with Crippen molar-refractivity contribution in [1.82, 2.24) is 10.2 Å². The van der Waals surface area contributed by atoms with Gasteiger partial charge in [0.25, 0.3) is 0 Å². The van der Waals surface area contributed by atoms with Gasteiger partial charge in [-0.2, -0.15) is 0 Å². The molecule has 0 aliphatic carbocycles. The third-order valence-electron chi connectivity index (χ3n) is 3.10. The lowest BCUT2D eigenvalue weighted by molar-refractivity contribution is -0.143. The number of nitrogens with zero attached hydrogens (tertiary/aromatic N) is 1. The van der Waals surface area contributed by atoms with E-state index in [1.165, 1.54) is 11.3 Å². The van der Waals surface area contributed by atoms with E-state index < -0.39 is 11.9 Å². The number of thiophene rings is 1. The van der Waals surface area contributed by atoms with Crippen LogP contribution < -0.4 is 5.32 Å². The number of amides is 2. The average molecular weight is 303 g/mol. The van der Waals surface area contributed by atoms with Gasteiger partial charge in [-0.15, -0.1) is 11.3 Å². The first kappa shape index (κ1) is 14.1. The summed E-state index contributed by atoms with van der Waals surface area (Å²) in [7, 11) is 0. The van der Waals surface area contributed by atoms with Crippen molar-refractivity contribution >= 4 is 34.9 Å². The number of hydrogen-bond donors (Lipinski definition) is 2. The number of aliphatic carboxylic acids is 1. The summed E-state index contributed by atoms with van der Waals surface area (Å²) in [6.07, 6.45) is 1.37. The number of nitrogens with one attached hydrogen (secondary N) is 1. The van der Waals surface area contributed by atoms with Crippen molar-refractivity contribution in [2.75, 3.05) is 13.1 Å². The maximum absolute atomic E-state index is 11.9. The molecule has 1 saturated heterocycles. The van der Waals surface area contributed by atoms with Crippen LogP contribution in [-0.4, -0.2) is 35.1 Å². The van der Waals surface area contributed by atoms with E-state index in [2.05, 4.69) is 5.32 Å². The number of likely N-dealkylation sites (tertiary alicyclic amines) is 1. The van der Waals surface area contributed by atoms with Crippen LogP contribution in [0.4, 0.5) is 4.79 Å². The third-order valence-corrected chi connectivity index (χ3v) is 4.33. The molecule has 2 rings (SSSR count). The fourth-order valence-electron chi connectivity index (χ4n) is 2.08. The summed E-state index contributed by atoms with van der Waals surface area (Å²) in [6, 6.07) is 3.44. The Bertz CT molecular complexity index is 477. The van der Waals surface area contributed by atoms with Gasteiger partial charge < -0.3 is 15.3 Å². The minimum Gasteiger partial charge on any atom is -0.481 e. The SMILES string of the molecule is O=C(O)[C@H]1CCCN(C(=O)NCc2ccc(Cl)s2)C1. The van der Waals surface area contributed by atoms with Crippen LogP contribution in [0.1, 0.15) is 17.7 Å². The molecule has 19 heavy (non-hydrogen) atoms. The highest BCUT2D eigenvalue weighted by atomic mass is 35.5. The summed E-state index contributed by atoms with van der Waals surface area (Å²) < 4.78 is 0.688. The molecular formula is C12H15ClN2O3S. The Morgan fingerprint density at radius 3 is 2.95 bits per heavy atom. The highest BCUT2D eigenvalue weighted by molar-refractivity contribution is 7.16. The number of piperidine rings is 1. The molecule has 2 N–H and O–H groups in total. The minimum atomic E-state index is -0.831. The summed E-state index contributed by atoms with van der Waals surface area (Å²) in [5.41, 5.74) is 0. The van der Waals surface area contributed by atoms with Gasteiger partial charge in [-0.3, -0.25) is 4.79 Å². The molecule has 0 saturated carbocycles. The number of urea groups is 1. The molecule has 1 atom stereocenters. The molecule has 2 amide bonds. The summed E-state index contributed by atoms with van der Waals surface area (Å²) in [4.78, 5) is 25.4. The van der Waals surface area contributed by atoms with Crippen molar-refractivity contribution in [1.29, 1.82) is 0 Å². The highest BCUT2D eigenvalue weighted by Crippen LogP contribution is 2.21. The molecular weight excluding hydrogens is 288 g/mol. The van der Waals surface area contributed by atoms with E-state index >= 15 is 0 Å². The van der Waals surface area contributed by atoms with Gasteiger partial charge in [0, 0.05) is 18.0 Å². The number of carboxylic acid groups (broad SMARTS) is 1. The number of rotatable bonds is 3. The van der Waals surface area contributed by atoms with Gasteiger partial charge in [0.2, 0.25) is 0 Å². The van der Waals surface area contributed by atoms with E-state index in [9.17, 15) is 9.59 Å². The lowest BCUT2D eigenvalue weighted by Crippen LogP contribution is -2.46. The maximum atomic E-state index is 11.9. The zero-order chi connectivity index (χ0) is 13.8. The highest BCUT2D eigenvalue weighted by Gasteiger charge is 2.27. The monoisotopic (exact) mass is 302 g/mol. The predicted octanol–water partition coefficient (Wildman–Crippen LogP) is 2.41. The topological polar surface area (TPSA) is 69.6 Å². The Morgan fingerprint density at radius 2 is 2.32 bits per heavy atom. The van der Waals surface area contributed by atoms with Crippen LogP contribution in [-0.2, 0) is 11.3 Å². The van der Waals surface area contributed by atoms with Crippen LogP contribution in [0.2, 0.25) is 4.34 Å². The molecule has 1 aromatic heterocycles. The number of carboxylic acids is 1. The summed E-state index contributed by atoms with van der Waals surface area (Å²) in [5, 5.41) is 11.8. The van der Waals surface area contributed by atoms with Gasteiger partial charge in [-0.05, 0) is 25.0 Å². The lowest BCUT2D eigenvalue weighted by atomic mass is 9.99. The molecule has 0 radical (unpaired) electrons. The summed E-state index contributed by atoms with van der Waals surface area (Å²) in [6.45, 7) is 1.32. The molecule has 0 aromatic carbocycles. The summed E-state index contributed by atoms with van der Waals surface area (Å²) >= 11 is 7.23. The molecule has 1 aromatic rings. The van der Waals surface area contributed by atoms with Crippen molar-refractivity contribution < 1.29 is 14.7 Å². The fraction of sp³-hybridized carbons (Fsp3) is 0.500. The standard InChI is InChI=1S/C12H15ClN2O3S/c13-10-4-3-9(19-10)6-14-12(18)15-5-1-2-8(7-15)11(16)17/h3-4,8H,1-2,5-7H2,(H,14,18)(H,16,17)/t8-/m0/s1. The van der Waals surface area contributed by atoms with Gasteiger partial charge in [0.1, 0.15) is 0 Å². The quantitative estimate of drug-likeness (QED) is 0.901. The van der Waals surface area contributed by atoms with E-state index in [4.69, 9.17) is 16.7 Å². The van der Waals surface area contributed by atoms with E-state index in [1.807, 2.05) is 6.07 Å². The first-order valence-corrected chi connectivity index (χ1v) is 7.25. The Balaban J connectivity index is 1.84. The van der Waals surface area contributed by atoms with Crippen molar-refractivity contribution in [3.63, 3.8) is 0 Å². The average Bonchev–Trinajstić information content (AvgIpc) is 2.82. The van der Waals surface area contributed by atoms with Crippen LogP contribution in [0.25, 0.3) is 0 Å². The van der Waals surface area contributed by atoms with Crippen LogP contribution in [0.5, 0.6) is 0 Å². The van der Waals surface area contributed by atoms with Crippen LogP contribution >= 0.6 is 22.9 Å². The van der Waals surface area contributed by atoms with E-state index in [0.29, 0.717) is 23.8 Å². The zero-order valence-corrected chi connectivity index (χ0v) is 11.8. The second-order valence-corrected chi connectivity index (χ2v) is 6.29. The first-order valence-electron chi connectivity index (χ1n) is 6.06. The molecule has 7 heteroatoms. The number of carbonyl (C=O) groups is 2. The van der Waals surface area contributed by atoms with E-state index in [1.54, 1.807) is 11.0 Å². The molecule has 5 nitrogen and oxygen atoms in total. The zero-order valence-electron chi connectivity index (χ0n) is 10.3. The lowest BCUT2D eigenvalue weighted by Gasteiger charge is -2.30. The molecule has 1 fully saturated rings. The second kappa shape index (κ2) is 6.25. The third kappa shape index (κ3) is 3.84. The van der Waals surface area contributed by atoms with Gasteiger partial charge >= 0.3 is 12.0 Å². The maximum Gasteiger partial charge on any atom is 0.317 e. The van der Waals surface area contributed by atoms with Crippen molar-refractivity contribution in [2.24, 2.45) is 5.92 Å².